The van der Waals surface area contributed by atoms with Gasteiger partial charge in [-0.15, -0.1) is 0 Å². The van der Waals surface area contributed by atoms with Gasteiger partial charge in [-0.2, -0.15) is 0 Å². The molecule has 2 aromatic rings. The summed E-state index contributed by atoms with van der Waals surface area (Å²) in [5.41, 5.74) is 0.0568. The van der Waals surface area contributed by atoms with Crippen LogP contribution < -0.4 is 10.2 Å². The molecule has 0 fully saturated rings. The van der Waals surface area contributed by atoms with Crippen molar-refractivity contribution in [1.29, 1.82) is 0 Å². The third kappa shape index (κ3) is 22.0. The fraction of sp³-hybridized carbons (Fsp3) is 0.696. The van der Waals surface area contributed by atoms with Crippen molar-refractivity contribution in [2.24, 2.45) is 0 Å². The number of carbonyl (C=O) groups is 2. The lowest BCUT2D eigenvalue weighted by Gasteiger charge is -2.39. The van der Waals surface area contributed by atoms with E-state index in [0.29, 0.717) is 9.79 Å². The Morgan fingerprint density at radius 1 is 0.415 bits per heavy atom. The second kappa shape index (κ2) is 31.9. The molecule has 0 radical (unpaired) electrons. The number of nitrogens with zero attached hydrogens (tertiary/aromatic N) is 2. The number of carboxylic acids is 2. The highest BCUT2D eigenvalue weighted by Crippen LogP contribution is 2.32. The summed E-state index contributed by atoms with van der Waals surface area (Å²) in [5, 5.41) is 22.0. The second-order valence-corrected chi connectivity index (χ2v) is 16.1. The van der Waals surface area contributed by atoms with E-state index < -0.39 is 11.9 Å². The Morgan fingerprint density at radius 2 is 0.623 bits per heavy atom. The standard InChI is InChI=1S/2C16H36N.C14H10O4S/c2*1-5-9-13-17(14-10-6-2,15-11-7-3)16-12-8-4;15-13(16)9-5-1-3-7-11(9)19-12-8-4-2-6-10(12)14(17)18/h2*5-16H2,1-4H3;1-8H,(H,15,16)(H,17,18)/q2*+1;/p-2. The van der Waals surface area contributed by atoms with E-state index in [1.54, 1.807) is 36.4 Å². The van der Waals surface area contributed by atoms with Crippen molar-refractivity contribution in [3.05, 3.63) is 59.7 Å². The van der Waals surface area contributed by atoms with Gasteiger partial charge in [-0.05, 0) is 63.5 Å². The Kier molecular flexibility index (Phi) is 30.5. The third-order valence-electron chi connectivity index (χ3n) is 10.3. The molecule has 6 nitrogen and oxygen atoms in total. The number of quaternary nitrogens is 2. The van der Waals surface area contributed by atoms with Crippen LogP contribution >= 0.6 is 11.8 Å². The van der Waals surface area contributed by atoms with Crippen molar-refractivity contribution in [2.75, 3.05) is 52.4 Å². The van der Waals surface area contributed by atoms with Crippen LogP contribution in [0, 0.1) is 0 Å². The van der Waals surface area contributed by atoms with Crippen LogP contribution in [0.1, 0.15) is 179 Å². The predicted molar refractivity (Wildman–Crippen MR) is 224 cm³/mol. The van der Waals surface area contributed by atoms with Crippen molar-refractivity contribution in [3.63, 3.8) is 0 Å². The average molecular weight is 757 g/mol. The van der Waals surface area contributed by atoms with Crippen molar-refractivity contribution in [1.82, 2.24) is 0 Å². The van der Waals surface area contributed by atoms with E-state index in [2.05, 4.69) is 55.4 Å². The van der Waals surface area contributed by atoms with Crippen LogP contribution in [0.5, 0.6) is 0 Å². The number of rotatable bonds is 28. The lowest BCUT2D eigenvalue weighted by Crippen LogP contribution is -2.50. The largest absolute Gasteiger partial charge is 0.545 e. The summed E-state index contributed by atoms with van der Waals surface area (Å²) in [6.45, 7) is 30.0. The number of carboxylic acid groups (broad SMARTS) is 2. The first-order valence-corrected chi connectivity index (χ1v) is 22.4. The Balaban J connectivity index is 0.000000768. The molecule has 0 aliphatic carbocycles. The zero-order chi connectivity index (χ0) is 39.8. The van der Waals surface area contributed by atoms with E-state index >= 15 is 0 Å². The van der Waals surface area contributed by atoms with Gasteiger partial charge in [0.15, 0.2) is 0 Å². The molecule has 0 heterocycles. The van der Waals surface area contributed by atoms with Gasteiger partial charge < -0.3 is 28.8 Å². The lowest BCUT2D eigenvalue weighted by atomic mass is 10.1. The molecule has 0 aliphatic heterocycles. The SMILES string of the molecule is CCCC[N+](CCCC)(CCCC)CCCC.CCCC[N+](CCCC)(CCCC)CCCC.O=C([O-])c1ccccc1Sc1ccccc1C(=O)[O-]. The number of benzene rings is 2. The molecule has 0 amide bonds. The van der Waals surface area contributed by atoms with Crippen LogP contribution in [0.4, 0.5) is 0 Å². The minimum Gasteiger partial charge on any atom is -0.545 e. The fourth-order valence-corrected chi connectivity index (χ4v) is 7.91. The Bertz CT molecular complexity index is 1040. The maximum atomic E-state index is 11.0. The zero-order valence-corrected chi connectivity index (χ0v) is 36.3. The quantitative estimate of drug-likeness (QED) is 0.0808. The summed E-state index contributed by atoms with van der Waals surface area (Å²) in [4.78, 5) is 22.8. The van der Waals surface area contributed by atoms with Gasteiger partial charge in [0.2, 0.25) is 0 Å². The molecule has 304 valence electrons. The molecule has 0 aromatic heterocycles. The molecule has 0 bridgehead atoms. The fourth-order valence-electron chi connectivity index (χ4n) is 6.86. The highest BCUT2D eigenvalue weighted by atomic mass is 32.2. The minimum atomic E-state index is -1.30. The second-order valence-electron chi connectivity index (χ2n) is 15.0. The summed E-state index contributed by atoms with van der Waals surface area (Å²) in [5.74, 6) is -2.59. The molecule has 0 saturated carbocycles. The number of hydrogen-bond donors (Lipinski definition) is 0. The van der Waals surface area contributed by atoms with Crippen molar-refractivity contribution >= 4 is 23.7 Å². The van der Waals surface area contributed by atoms with Crippen molar-refractivity contribution < 1.29 is 28.8 Å². The van der Waals surface area contributed by atoms with Gasteiger partial charge in [0.05, 0.1) is 64.3 Å². The average Bonchev–Trinajstić information content (AvgIpc) is 3.17. The van der Waals surface area contributed by atoms with E-state index in [4.69, 9.17) is 0 Å². The van der Waals surface area contributed by atoms with E-state index in [-0.39, 0.29) is 11.1 Å². The summed E-state index contributed by atoms with van der Waals surface area (Å²) in [6.07, 6.45) is 22.1. The first kappa shape index (κ1) is 50.6. The van der Waals surface area contributed by atoms with Crippen LogP contribution in [-0.4, -0.2) is 73.3 Å². The molecule has 0 atom stereocenters. The van der Waals surface area contributed by atoms with Crippen LogP contribution in [0.3, 0.4) is 0 Å². The normalized spacial score (nSPS) is 11.3. The Labute approximate surface area is 331 Å². The molecule has 0 spiro atoms. The molecule has 0 N–H and O–H groups in total. The van der Waals surface area contributed by atoms with Crippen LogP contribution in [0.25, 0.3) is 0 Å². The first-order valence-electron chi connectivity index (χ1n) is 21.6. The van der Waals surface area contributed by atoms with Gasteiger partial charge in [-0.25, -0.2) is 0 Å². The molecule has 7 heteroatoms. The zero-order valence-electron chi connectivity index (χ0n) is 35.5. The van der Waals surface area contributed by atoms with Gasteiger partial charge in [-0.1, -0.05) is 155 Å². The highest BCUT2D eigenvalue weighted by molar-refractivity contribution is 7.99. The Morgan fingerprint density at radius 3 is 0.811 bits per heavy atom. The molecule has 2 aromatic carbocycles. The van der Waals surface area contributed by atoms with Gasteiger partial charge in [0, 0.05) is 20.9 Å². The molecule has 0 aliphatic rings. The van der Waals surface area contributed by atoms with Crippen LogP contribution in [-0.2, 0) is 0 Å². The lowest BCUT2D eigenvalue weighted by molar-refractivity contribution is -0.929. The van der Waals surface area contributed by atoms with Gasteiger partial charge in [-0.3, -0.25) is 0 Å². The van der Waals surface area contributed by atoms with E-state index in [1.807, 2.05) is 0 Å². The van der Waals surface area contributed by atoms with Crippen LogP contribution in [0.15, 0.2) is 58.3 Å². The summed E-state index contributed by atoms with van der Waals surface area (Å²) < 4.78 is 2.84. The molecule has 53 heavy (non-hydrogen) atoms. The molecular weight excluding hydrogens is 677 g/mol. The van der Waals surface area contributed by atoms with Crippen molar-refractivity contribution in [3.8, 4) is 0 Å². The minimum absolute atomic E-state index is 0.0284. The maximum absolute atomic E-state index is 11.0. The van der Waals surface area contributed by atoms with E-state index in [1.165, 1.54) is 176 Å². The van der Waals surface area contributed by atoms with Gasteiger partial charge in [0.1, 0.15) is 0 Å². The van der Waals surface area contributed by atoms with Crippen LogP contribution in [0.2, 0.25) is 0 Å². The van der Waals surface area contributed by atoms with E-state index in [9.17, 15) is 19.8 Å². The van der Waals surface area contributed by atoms with E-state index in [0.717, 1.165) is 11.8 Å². The summed E-state index contributed by atoms with van der Waals surface area (Å²) in [6, 6.07) is 12.6. The Hall–Kier alpha value is -2.35. The summed E-state index contributed by atoms with van der Waals surface area (Å²) in [7, 11) is 0. The molecule has 0 saturated heterocycles. The predicted octanol–water partition coefficient (Wildman–Crippen LogP) is 10.6. The van der Waals surface area contributed by atoms with Crippen molar-refractivity contribution in [2.45, 2.75) is 168 Å². The molecule has 2 rings (SSSR count). The smallest absolute Gasteiger partial charge is 0.0786 e. The third-order valence-corrected chi connectivity index (χ3v) is 11.5. The van der Waals surface area contributed by atoms with Gasteiger partial charge >= 0.3 is 0 Å². The summed E-state index contributed by atoms with van der Waals surface area (Å²) >= 11 is 1.06. The highest BCUT2D eigenvalue weighted by Gasteiger charge is 2.25. The van der Waals surface area contributed by atoms with Gasteiger partial charge in [0.25, 0.3) is 0 Å². The molecule has 0 unspecified atom stereocenters. The molecular formula is C46H80N2O4S. The first-order chi connectivity index (χ1) is 25.6. The topological polar surface area (TPSA) is 80.3 Å². The number of aromatic carboxylic acids is 2. The maximum Gasteiger partial charge on any atom is 0.0786 e. The number of unbranched alkanes of at least 4 members (excludes halogenated alkanes) is 8. The number of carbonyl (C=O) groups excluding carboxylic acids is 2. The number of hydrogen-bond acceptors (Lipinski definition) is 5. The monoisotopic (exact) mass is 757 g/mol.